The van der Waals surface area contributed by atoms with Gasteiger partial charge in [-0.2, -0.15) is 0 Å². The summed E-state index contributed by atoms with van der Waals surface area (Å²) in [6.45, 7) is 2.17. The van der Waals surface area contributed by atoms with Crippen LogP contribution in [0.2, 0.25) is 0 Å². The molecular weight excluding hydrogens is 594 g/mol. The maximum absolute atomic E-state index is 13.4. The fourth-order valence-corrected chi connectivity index (χ4v) is 5.26. The number of carbonyl (C=O) groups is 2. The molecule has 0 unspecified atom stereocenters. The highest BCUT2D eigenvalue weighted by Gasteiger charge is 2.24. The van der Waals surface area contributed by atoms with E-state index in [9.17, 15) is 22.8 Å². The second-order valence-corrected chi connectivity index (χ2v) is 11.2. The van der Waals surface area contributed by atoms with Gasteiger partial charge in [-0.1, -0.05) is 25.0 Å². The van der Waals surface area contributed by atoms with E-state index < -0.39 is 27.5 Å². The molecule has 2 aromatic carbocycles. The summed E-state index contributed by atoms with van der Waals surface area (Å²) < 4.78 is 36.9. The number of hydrogen-bond donors (Lipinski definition) is 5. The number of methoxy groups -OCH3 is 1. The Morgan fingerprint density at radius 2 is 1.82 bits per heavy atom. The topological polar surface area (TPSA) is 221 Å². The van der Waals surface area contributed by atoms with Gasteiger partial charge >= 0.3 is 5.69 Å². The van der Waals surface area contributed by atoms with Crippen molar-refractivity contribution in [2.24, 2.45) is 5.14 Å². The van der Waals surface area contributed by atoms with Crippen LogP contribution in [0.3, 0.4) is 0 Å². The Morgan fingerprint density at radius 3 is 2.52 bits per heavy atom. The number of rotatable bonds is 14. The lowest BCUT2D eigenvalue weighted by molar-refractivity contribution is -0.129. The van der Waals surface area contributed by atoms with E-state index in [1.165, 1.54) is 29.9 Å². The van der Waals surface area contributed by atoms with E-state index in [1.54, 1.807) is 36.7 Å². The number of nitrogens with one attached hydrogen (secondary N) is 3. The number of imidazole rings is 1. The van der Waals surface area contributed by atoms with Crippen LogP contribution in [-0.4, -0.2) is 65.2 Å². The Labute approximate surface area is 252 Å². The summed E-state index contributed by atoms with van der Waals surface area (Å²) in [5, 5.41) is 16.8. The number of ether oxygens (including phenoxy) is 2. The van der Waals surface area contributed by atoms with Crippen LogP contribution in [0.5, 0.6) is 11.5 Å². The standard InChI is InChI=1S/C28H33N7O8S/c1-3-43-20-14-13-17(16-21(20)44(29,40)41)25-31-24(27(37)30-15-9-5-4-6-12-22(36)34-39)23-26(33-25)35(28(38)32-23)18-10-7-8-11-19(18)42-2/h7-8,10-11,13-14,16,39H,3-6,9,12,15H2,1-2H3,(H,30,37)(H,32,38)(H,34,36)(H2,29,40,41). The number of carbonyl (C=O) groups excluding carboxylic acids is 2. The van der Waals surface area contributed by atoms with Crippen molar-refractivity contribution < 1.29 is 32.7 Å². The van der Waals surface area contributed by atoms with Gasteiger partial charge in [-0.05, 0) is 50.1 Å². The molecule has 2 heterocycles. The van der Waals surface area contributed by atoms with Crippen LogP contribution in [0.4, 0.5) is 0 Å². The first-order valence-electron chi connectivity index (χ1n) is 13.8. The number of sulfonamides is 1. The highest BCUT2D eigenvalue weighted by atomic mass is 32.2. The Kier molecular flexibility index (Phi) is 10.3. The fraction of sp³-hybridized carbons (Fsp3) is 0.321. The van der Waals surface area contributed by atoms with Crippen LogP contribution < -0.4 is 31.1 Å². The van der Waals surface area contributed by atoms with Gasteiger partial charge in [0.1, 0.15) is 21.9 Å². The zero-order valence-corrected chi connectivity index (χ0v) is 24.9. The first-order valence-corrected chi connectivity index (χ1v) is 15.3. The van der Waals surface area contributed by atoms with E-state index in [2.05, 4.69) is 20.3 Å². The van der Waals surface area contributed by atoms with Gasteiger partial charge in [-0.25, -0.2) is 38.4 Å². The van der Waals surface area contributed by atoms with Gasteiger partial charge in [-0.3, -0.25) is 14.8 Å². The Bertz CT molecular complexity index is 1840. The average molecular weight is 628 g/mol. The van der Waals surface area contributed by atoms with Crippen LogP contribution in [0.25, 0.3) is 28.2 Å². The number of H-pyrrole nitrogens is 1. The van der Waals surface area contributed by atoms with Crippen LogP contribution in [0.1, 0.15) is 49.5 Å². The molecule has 0 spiro atoms. The predicted octanol–water partition coefficient (Wildman–Crippen LogP) is 2.02. The third-order valence-corrected chi connectivity index (χ3v) is 7.56. The number of nitrogens with zero attached hydrogens (tertiary/aromatic N) is 3. The van der Waals surface area contributed by atoms with E-state index in [-0.39, 0.29) is 58.5 Å². The number of hydroxylamine groups is 1. The summed E-state index contributed by atoms with van der Waals surface area (Å²) in [5.41, 5.74) is 1.53. The molecule has 4 aromatic rings. The number of amides is 2. The molecule has 0 bridgehead atoms. The van der Waals surface area contributed by atoms with Crippen LogP contribution in [0.15, 0.2) is 52.2 Å². The molecule has 0 aliphatic carbocycles. The lowest BCUT2D eigenvalue weighted by Crippen LogP contribution is -2.26. The molecule has 0 aliphatic heterocycles. The summed E-state index contributed by atoms with van der Waals surface area (Å²) in [6, 6.07) is 10.9. The number of unbranched alkanes of at least 4 members (excludes halogenated alkanes) is 3. The number of nitrogens with two attached hydrogens (primary N) is 1. The lowest BCUT2D eigenvalue weighted by atomic mass is 10.1. The van der Waals surface area contributed by atoms with Crippen LogP contribution in [0, 0.1) is 0 Å². The minimum atomic E-state index is -4.21. The number of para-hydroxylation sites is 2. The van der Waals surface area contributed by atoms with Gasteiger partial charge in [0.25, 0.3) is 5.91 Å². The summed E-state index contributed by atoms with van der Waals surface area (Å²) in [4.78, 5) is 49.2. The normalized spacial score (nSPS) is 11.4. The van der Waals surface area contributed by atoms with Crippen molar-refractivity contribution in [3.63, 3.8) is 0 Å². The quantitative estimate of drug-likeness (QED) is 0.0777. The summed E-state index contributed by atoms with van der Waals surface area (Å²) in [6.07, 6.45) is 2.80. The van der Waals surface area contributed by atoms with E-state index in [4.69, 9.17) is 19.8 Å². The van der Waals surface area contributed by atoms with E-state index in [1.807, 2.05) is 0 Å². The van der Waals surface area contributed by atoms with Gasteiger partial charge in [0.05, 0.1) is 19.4 Å². The highest BCUT2D eigenvalue weighted by molar-refractivity contribution is 7.89. The summed E-state index contributed by atoms with van der Waals surface area (Å²) in [5.74, 6) is -0.678. The van der Waals surface area contributed by atoms with Crippen molar-refractivity contribution in [3.8, 4) is 28.6 Å². The maximum Gasteiger partial charge on any atom is 0.332 e. The number of primary sulfonamides is 1. The Balaban J connectivity index is 1.77. The number of fused-ring (bicyclic) bond motifs is 1. The van der Waals surface area contributed by atoms with Gasteiger partial charge in [0, 0.05) is 18.5 Å². The monoisotopic (exact) mass is 627 g/mol. The molecule has 4 rings (SSSR count). The number of hydrogen-bond acceptors (Lipinski definition) is 10. The molecule has 0 radical (unpaired) electrons. The second kappa shape index (κ2) is 14.1. The zero-order chi connectivity index (χ0) is 31.9. The molecule has 44 heavy (non-hydrogen) atoms. The Morgan fingerprint density at radius 1 is 1.07 bits per heavy atom. The van der Waals surface area contributed by atoms with Crippen LogP contribution >= 0.6 is 0 Å². The van der Waals surface area contributed by atoms with Gasteiger partial charge in [0.2, 0.25) is 15.9 Å². The molecule has 16 heteroatoms. The smallest absolute Gasteiger partial charge is 0.332 e. The largest absolute Gasteiger partial charge is 0.495 e. The summed E-state index contributed by atoms with van der Waals surface area (Å²) >= 11 is 0. The third-order valence-electron chi connectivity index (χ3n) is 6.63. The van der Waals surface area contributed by atoms with E-state index >= 15 is 0 Å². The molecule has 2 aromatic heterocycles. The van der Waals surface area contributed by atoms with Crippen molar-refractivity contribution >= 4 is 33.0 Å². The first-order chi connectivity index (χ1) is 21.1. The van der Waals surface area contributed by atoms with Crippen molar-refractivity contribution in [2.45, 2.75) is 43.9 Å². The molecule has 0 atom stereocenters. The fourth-order valence-electron chi connectivity index (χ4n) is 4.57. The van der Waals surface area contributed by atoms with Crippen LogP contribution in [-0.2, 0) is 14.8 Å². The van der Waals surface area contributed by atoms with Gasteiger partial charge in [0.15, 0.2) is 17.2 Å². The minimum absolute atomic E-state index is 0.0413. The molecule has 0 aliphatic rings. The molecule has 234 valence electrons. The van der Waals surface area contributed by atoms with Crippen molar-refractivity contribution in [1.82, 2.24) is 30.3 Å². The lowest BCUT2D eigenvalue weighted by Gasteiger charge is -2.12. The van der Waals surface area contributed by atoms with Crippen molar-refractivity contribution in [1.29, 1.82) is 0 Å². The van der Waals surface area contributed by atoms with Crippen molar-refractivity contribution in [3.05, 3.63) is 58.6 Å². The molecule has 15 nitrogen and oxygen atoms in total. The molecule has 0 saturated carbocycles. The number of benzene rings is 2. The minimum Gasteiger partial charge on any atom is -0.495 e. The molecule has 0 fully saturated rings. The summed E-state index contributed by atoms with van der Waals surface area (Å²) in [7, 11) is -2.76. The molecule has 2 amide bonds. The first kappa shape index (κ1) is 32.1. The molecule has 0 saturated heterocycles. The zero-order valence-electron chi connectivity index (χ0n) is 24.1. The average Bonchev–Trinajstić information content (AvgIpc) is 3.34. The van der Waals surface area contributed by atoms with E-state index in [0.717, 1.165) is 0 Å². The van der Waals surface area contributed by atoms with Gasteiger partial charge in [-0.15, -0.1) is 0 Å². The number of aromatic amines is 1. The van der Waals surface area contributed by atoms with Crippen molar-refractivity contribution in [2.75, 3.05) is 20.3 Å². The SMILES string of the molecule is CCOc1ccc(-c2nc(C(=O)NCCCCCCC(=O)NO)c3[nH]c(=O)n(-c4ccccc4OC)c3n2)cc1S(N)(=O)=O. The highest BCUT2D eigenvalue weighted by Crippen LogP contribution is 2.30. The number of aromatic nitrogens is 4. The molecular formula is C28H33N7O8S. The third kappa shape index (κ3) is 7.21. The maximum atomic E-state index is 13.4. The second-order valence-electron chi connectivity index (χ2n) is 9.63. The van der Waals surface area contributed by atoms with Gasteiger partial charge < -0.3 is 19.8 Å². The Hall–Kier alpha value is -4.80. The molecule has 6 N–H and O–H groups in total. The van der Waals surface area contributed by atoms with E-state index in [0.29, 0.717) is 37.1 Å². The predicted molar refractivity (Wildman–Crippen MR) is 159 cm³/mol.